The van der Waals surface area contributed by atoms with E-state index in [0.29, 0.717) is 5.92 Å². The van der Waals surface area contributed by atoms with E-state index in [1.54, 1.807) is 5.56 Å². The first-order valence-corrected chi connectivity index (χ1v) is 6.18. The standard InChI is InChI=1S/C15H18O/c1-9-5-4-6-12-11(3)15-10(2)8-16-14(15)7-13(9)12/h7-9H,4-6H2,1-3H3. The van der Waals surface area contributed by atoms with E-state index in [2.05, 4.69) is 26.8 Å². The third-order valence-electron chi connectivity index (χ3n) is 4.06. The summed E-state index contributed by atoms with van der Waals surface area (Å²) in [5.41, 5.74) is 6.89. The van der Waals surface area contributed by atoms with Crippen LogP contribution in [0.2, 0.25) is 0 Å². The molecule has 1 aromatic heterocycles. The smallest absolute Gasteiger partial charge is 0.134 e. The van der Waals surface area contributed by atoms with Crippen molar-refractivity contribution in [3.63, 3.8) is 0 Å². The molecule has 0 bridgehead atoms. The van der Waals surface area contributed by atoms with Gasteiger partial charge in [0, 0.05) is 5.39 Å². The molecule has 0 radical (unpaired) electrons. The van der Waals surface area contributed by atoms with Crippen LogP contribution in [0.3, 0.4) is 0 Å². The Kier molecular flexibility index (Phi) is 2.10. The molecular weight excluding hydrogens is 196 g/mol. The number of rotatable bonds is 0. The molecule has 2 aromatic rings. The number of aryl methyl sites for hydroxylation is 2. The van der Waals surface area contributed by atoms with Crippen LogP contribution in [-0.4, -0.2) is 0 Å². The summed E-state index contributed by atoms with van der Waals surface area (Å²) < 4.78 is 5.64. The lowest BCUT2D eigenvalue weighted by Crippen LogP contribution is -2.08. The Morgan fingerprint density at radius 1 is 1.31 bits per heavy atom. The molecule has 1 heterocycles. The number of hydrogen-bond donors (Lipinski definition) is 0. The second-order valence-corrected chi connectivity index (χ2v) is 5.15. The highest BCUT2D eigenvalue weighted by Gasteiger charge is 2.21. The van der Waals surface area contributed by atoms with Crippen LogP contribution in [0.1, 0.15) is 47.9 Å². The lowest BCUT2D eigenvalue weighted by molar-refractivity contribution is 0.582. The van der Waals surface area contributed by atoms with E-state index in [1.807, 2.05) is 6.26 Å². The Bertz CT molecular complexity index is 548. The van der Waals surface area contributed by atoms with E-state index in [9.17, 15) is 0 Å². The zero-order valence-electron chi connectivity index (χ0n) is 10.3. The third kappa shape index (κ3) is 1.24. The maximum Gasteiger partial charge on any atom is 0.134 e. The fourth-order valence-corrected chi connectivity index (χ4v) is 3.16. The van der Waals surface area contributed by atoms with Gasteiger partial charge in [-0.1, -0.05) is 6.92 Å². The first kappa shape index (κ1) is 9.95. The van der Waals surface area contributed by atoms with Crippen molar-refractivity contribution in [1.29, 1.82) is 0 Å². The summed E-state index contributed by atoms with van der Waals surface area (Å²) in [5, 5.41) is 1.34. The topological polar surface area (TPSA) is 13.1 Å². The van der Waals surface area contributed by atoms with Gasteiger partial charge >= 0.3 is 0 Å². The molecule has 1 atom stereocenters. The van der Waals surface area contributed by atoms with E-state index in [0.717, 1.165) is 5.58 Å². The van der Waals surface area contributed by atoms with Crippen LogP contribution in [0.5, 0.6) is 0 Å². The van der Waals surface area contributed by atoms with Gasteiger partial charge in [0.15, 0.2) is 0 Å². The molecule has 0 aliphatic heterocycles. The quantitative estimate of drug-likeness (QED) is 0.629. The van der Waals surface area contributed by atoms with Gasteiger partial charge in [-0.25, -0.2) is 0 Å². The van der Waals surface area contributed by atoms with Gasteiger partial charge in [-0.15, -0.1) is 0 Å². The van der Waals surface area contributed by atoms with Crippen LogP contribution >= 0.6 is 0 Å². The van der Waals surface area contributed by atoms with Crippen LogP contribution in [0.25, 0.3) is 11.0 Å². The second-order valence-electron chi connectivity index (χ2n) is 5.15. The van der Waals surface area contributed by atoms with Crippen LogP contribution in [0.15, 0.2) is 16.7 Å². The average molecular weight is 214 g/mol. The fourth-order valence-electron chi connectivity index (χ4n) is 3.16. The van der Waals surface area contributed by atoms with Crippen molar-refractivity contribution in [3.05, 3.63) is 34.6 Å². The van der Waals surface area contributed by atoms with E-state index in [4.69, 9.17) is 4.42 Å². The fraction of sp³-hybridized carbons (Fsp3) is 0.467. The van der Waals surface area contributed by atoms with Gasteiger partial charge in [-0.3, -0.25) is 0 Å². The summed E-state index contributed by atoms with van der Waals surface area (Å²) in [6, 6.07) is 2.27. The minimum Gasteiger partial charge on any atom is -0.464 e. The highest BCUT2D eigenvalue weighted by Crippen LogP contribution is 2.38. The number of hydrogen-bond acceptors (Lipinski definition) is 1. The highest BCUT2D eigenvalue weighted by molar-refractivity contribution is 5.86. The van der Waals surface area contributed by atoms with Crippen molar-refractivity contribution >= 4 is 11.0 Å². The summed E-state index contributed by atoms with van der Waals surface area (Å²) >= 11 is 0. The third-order valence-corrected chi connectivity index (χ3v) is 4.06. The predicted molar refractivity (Wildman–Crippen MR) is 67.0 cm³/mol. The highest BCUT2D eigenvalue weighted by atomic mass is 16.3. The van der Waals surface area contributed by atoms with Gasteiger partial charge in [0.05, 0.1) is 6.26 Å². The van der Waals surface area contributed by atoms with Gasteiger partial charge in [0.1, 0.15) is 5.58 Å². The molecule has 84 valence electrons. The molecule has 1 heteroatoms. The van der Waals surface area contributed by atoms with Crippen molar-refractivity contribution in [1.82, 2.24) is 0 Å². The minimum atomic E-state index is 0.692. The molecule has 1 unspecified atom stereocenters. The van der Waals surface area contributed by atoms with Crippen molar-refractivity contribution in [2.45, 2.75) is 46.0 Å². The van der Waals surface area contributed by atoms with E-state index >= 15 is 0 Å². The molecule has 3 rings (SSSR count). The van der Waals surface area contributed by atoms with Crippen LogP contribution in [0.4, 0.5) is 0 Å². The molecule has 0 fully saturated rings. The van der Waals surface area contributed by atoms with Gasteiger partial charge < -0.3 is 4.42 Å². The maximum atomic E-state index is 5.64. The molecule has 16 heavy (non-hydrogen) atoms. The lowest BCUT2D eigenvalue weighted by atomic mass is 9.81. The monoisotopic (exact) mass is 214 g/mol. The minimum absolute atomic E-state index is 0.692. The molecule has 0 N–H and O–H groups in total. The molecule has 0 saturated heterocycles. The summed E-state index contributed by atoms with van der Waals surface area (Å²) in [4.78, 5) is 0. The second kappa shape index (κ2) is 3.38. The summed E-state index contributed by atoms with van der Waals surface area (Å²) in [5.74, 6) is 0.692. The molecule has 1 aromatic carbocycles. The van der Waals surface area contributed by atoms with Crippen LogP contribution in [-0.2, 0) is 6.42 Å². The molecule has 1 aliphatic rings. The van der Waals surface area contributed by atoms with Gasteiger partial charge in [-0.2, -0.15) is 0 Å². The summed E-state index contributed by atoms with van der Waals surface area (Å²) in [7, 11) is 0. The lowest BCUT2D eigenvalue weighted by Gasteiger charge is -2.24. The normalized spacial score (nSPS) is 20.1. The van der Waals surface area contributed by atoms with E-state index < -0.39 is 0 Å². The molecule has 1 nitrogen and oxygen atoms in total. The van der Waals surface area contributed by atoms with Gasteiger partial charge in [0.2, 0.25) is 0 Å². The Morgan fingerprint density at radius 2 is 2.12 bits per heavy atom. The SMILES string of the molecule is Cc1coc2cc3c(c(C)c12)CCCC3C. The molecule has 0 saturated carbocycles. The summed E-state index contributed by atoms with van der Waals surface area (Å²) in [6.07, 6.45) is 5.77. The maximum absolute atomic E-state index is 5.64. The number of fused-ring (bicyclic) bond motifs is 2. The van der Waals surface area contributed by atoms with Crippen molar-refractivity contribution < 1.29 is 4.42 Å². The van der Waals surface area contributed by atoms with Crippen molar-refractivity contribution in [2.75, 3.05) is 0 Å². The zero-order valence-corrected chi connectivity index (χ0v) is 10.3. The van der Waals surface area contributed by atoms with Gasteiger partial charge in [-0.05, 0) is 67.3 Å². The number of furan rings is 1. The molecule has 0 amide bonds. The Hall–Kier alpha value is -1.24. The van der Waals surface area contributed by atoms with Crippen molar-refractivity contribution in [3.8, 4) is 0 Å². The molecule has 1 aliphatic carbocycles. The van der Waals surface area contributed by atoms with E-state index in [-0.39, 0.29) is 0 Å². The summed E-state index contributed by atoms with van der Waals surface area (Å²) in [6.45, 7) is 6.72. The molecule has 0 spiro atoms. The van der Waals surface area contributed by atoms with Crippen LogP contribution in [0, 0.1) is 13.8 Å². The Balaban J connectivity index is 2.37. The number of benzene rings is 1. The zero-order chi connectivity index (χ0) is 11.3. The predicted octanol–water partition coefficient (Wildman–Crippen LogP) is 4.49. The van der Waals surface area contributed by atoms with Gasteiger partial charge in [0.25, 0.3) is 0 Å². The van der Waals surface area contributed by atoms with Crippen molar-refractivity contribution in [2.24, 2.45) is 0 Å². The first-order valence-electron chi connectivity index (χ1n) is 6.18. The Morgan fingerprint density at radius 3 is 2.94 bits per heavy atom. The Labute approximate surface area is 96.5 Å². The van der Waals surface area contributed by atoms with Crippen LogP contribution < -0.4 is 0 Å². The van der Waals surface area contributed by atoms with E-state index in [1.165, 1.54) is 41.3 Å². The first-order chi connectivity index (χ1) is 7.68. The largest absolute Gasteiger partial charge is 0.464 e. The average Bonchev–Trinajstić information content (AvgIpc) is 2.63. The molecular formula is C15H18O.